The van der Waals surface area contributed by atoms with Crippen molar-refractivity contribution in [2.45, 2.75) is 6.92 Å². The molecule has 0 spiro atoms. The van der Waals surface area contributed by atoms with Crippen LogP contribution >= 0.6 is 15.9 Å². The fraction of sp³-hybridized carbons (Fsp3) is 0.105. The van der Waals surface area contributed by atoms with Crippen LogP contribution in [0.5, 0.6) is 0 Å². The number of halogens is 1. The molecule has 0 N–H and O–H groups in total. The lowest BCUT2D eigenvalue weighted by atomic mass is 10.0. The number of allylic oxidation sites excluding steroid dienone is 1. The van der Waals surface area contributed by atoms with E-state index in [1.54, 1.807) is 61.5 Å². The van der Waals surface area contributed by atoms with Crippen molar-refractivity contribution in [1.29, 1.82) is 0 Å². The van der Waals surface area contributed by atoms with Gasteiger partial charge in [0.1, 0.15) is 5.57 Å². The number of carbonyl (C=O) groups excluding carboxylic acids is 3. The van der Waals surface area contributed by atoms with Gasteiger partial charge in [-0.2, -0.15) is 0 Å². The SMILES string of the molecule is CCOC(=O)/C(=C/C(=O)c1ccccc1Br)C(=O)c1ccccc1. The van der Waals surface area contributed by atoms with Gasteiger partial charge in [-0.25, -0.2) is 4.79 Å². The smallest absolute Gasteiger partial charge is 0.342 e. The van der Waals surface area contributed by atoms with Gasteiger partial charge in [0.15, 0.2) is 11.6 Å². The third-order valence-electron chi connectivity index (χ3n) is 3.19. The second-order valence-electron chi connectivity index (χ2n) is 4.82. The molecule has 0 aliphatic rings. The second kappa shape index (κ2) is 8.36. The van der Waals surface area contributed by atoms with E-state index in [4.69, 9.17) is 4.74 Å². The molecule has 0 aliphatic heterocycles. The quantitative estimate of drug-likeness (QED) is 0.247. The van der Waals surface area contributed by atoms with Crippen LogP contribution in [0, 0.1) is 0 Å². The maximum Gasteiger partial charge on any atom is 0.342 e. The number of hydrogen-bond acceptors (Lipinski definition) is 4. The predicted octanol–water partition coefficient (Wildman–Crippen LogP) is 4.00. The molecule has 0 atom stereocenters. The Labute approximate surface area is 148 Å². The van der Waals surface area contributed by atoms with Gasteiger partial charge >= 0.3 is 5.97 Å². The summed E-state index contributed by atoms with van der Waals surface area (Å²) in [6.07, 6.45) is 1.04. The van der Waals surface area contributed by atoms with Crippen molar-refractivity contribution in [2.75, 3.05) is 6.61 Å². The van der Waals surface area contributed by atoms with Gasteiger partial charge in [-0.3, -0.25) is 9.59 Å². The summed E-state index contributed by atoms with van der Waals surface area (Å²) in [7, 11) is 0. The second-order valence-corrected chi connectivity index (χ2v) is 5.67. The molecule has 0 radical (unpaired) electrons. The largest absolute Gasteiger partial charge is 0.462 e. The van der Waals surface area contributed by atoms with Crippen molar-refractivity contribution in [1.82, 2.24) is 0 Å². The molecular weight excluding hydrogens is 372 g/mol. The highest BCUT2D eigenvalue weighted by molar-refractivity contribution is 9.10. The standard InChI is InChI=1S/C19H15BrO4/c1-2-24-19(23)15(18(22)13-8-4-3-5-9-13)12-17(21)14-10-6-7-11-16(14)20/h3-12H,2H2,1H3/b15-12+. The van der Waals surface area contributed by atoms with E-state index in [9.17, 15) is 14.4 Å². The molecule has 0 fully saturated rings. The van der Waals surface area contributed by atoms with Crippen LogP contribution in [0.2, 0.25) is 0 Å². The van der Waals surface area contributed by atoms with Crippen LogP contribution in [-0.4, -0.2) is 24.1 Å². The van der Waals surface area contributed by atoms with Crippen LogP contribution in [-0.2, 0) is 9.53 Å². The highest BCUT2D eigenvalue weighted by Gasteiger charge is 2.23. The van der Waals surface area contributed by atoms with Crippen LogP contribution < -0.4 is 0 Å². The van der Waals surface area contributed by atoms with E-state index in [0.717, 1.165) is 6.08 Å². The van der Waals surface area contributed by atoms with Crippen molar-refractivity contribution < 1.29 is 19.1 Å². The van der Waals surface area contributed by atoms with Gasteiger partial charge in [0.05, 0.1) is 6.61 Å². The normalized spacial score (nSPS) is 11.0. The highest BCUT2D eigenvalue weighted by atomic mass is 79.9. The maximum absolute atomic E-state index is 12.6. The summed E-state index contributed by atoms with van der Waals surface area (Å²) in [4.78, 5) is 37.2. The summed E-state index contributed by atoms with van der Waals surface area (Å²) in [5.74, 6) is -1.81. The molecule has 5 heteroatoms. The van der Waals surface area contributed by atoms with Gasteiger partial charge in [-0.15, -0.1) is 0 Å². The van der Waals surface area contributed by atoms with Crippen LogP contribution in [0.1, 0.15) is 27.6 Å². The topological polar surface area (TPSA) is 60.4 Å². The summed E-state index contributed by atoms with van der Waals surface area (Å²) in [6.45, 7) is 1.75. The zero-order valence-electron chi connectivity index (χ0n) is 13.0. The number of rotatable bonds is 6. The van der Waals surface area contributed by atoms with Gasteiger partial charge in [-0.05, 0) is 19.1 Å². The lowest BCUT2D eigenvalue weighted by Crippen LogP contribution is -2.18. The minimum absolute atomic E-state index is 0.113. The third-order valence-corrected chi connectivity index (χ3v) is 3.88. The monoisotopic (exact) mass is 386 g/mol. The van der Waals surface area contributed by atoms with Crippen molar-refractivity contribution in [3.8, 4) is 0 Å². The summed E-state index contributed by atoms with van der Waals surface area (Å²) < 4.78 is 5.51. The summed E-state index contributed by atoms with van der Waals surface area (Å²) in [5, 5.41) is 0. The molecule has 122 valence electrons. The molecule has 0 aliphatic carbocycles. The number of esters is 1. The fourth-order valence-corrected chi connectivity index (χ4v) is 2.52. The molecule has 2 aromatic carbocycles. The summed E-state index contributed by atoms with van der Waals surface area (Å²) in [6, 6.07) is 15.1. The number of carbonyl (C=O) groups is 3. The van der Waals surface area contributed by atoms with E-state index < -0.39 is 17.5 Å². The Hall–Kier alpha value is -2.53. The molecule has 0 unspecified atom stereocenters. The predicted molar refractivity (Wildman–Crippen MR) is 94.0 cm³/mol. The number of ether oxygens (including phenoxy) is 1. The molecule has 0 amide bonds. The Bertz CT molecular complexity index is 794. The van der Waals surface area contributed by atoms with E-state index in [1.165, 1.54) is 0 Å². The highest BCUT2D eigenvalue weighted by Crippen LogP contribution is 2.19. The lowest BCUT2D eigenvalue weighted by Gasteiger charge is -2.07. The number of hydrogen-bond donors (Lipinski definition) is 0. The van der Waals surface area contributed by atoms with Gasteiger partial charge in [0, 0.05) is 21.7 Å². The van der Waals surface area contributed by atoms with Gasteiger partial charge in [0.25, 0.3) is 0 Å². The number of ketones is 2. The first-order valence-electron chi connectivity index (χ1n) is 7.32. The summed E-state index contributed by atoms with van der Waals surface area (Å²) in [5.41, 5.74) is 0.390. The third kappa shape index (κ3) is 4.26. The first kappa shape index (κ1) is 17.8. The number of benzene rings is 2. The van der Waals surface area contributed by atoms with E-state index in [2.05, 4.69) is 15.9 Å². The van der Waals surface area contributed by atoms with Crippen molar-refractivity contribution in [3.05, 3.63) is 81.8 Å². The molecule has 0 aromatic heterocycles. The average molecular weight is 387 g/mol. The van der Waals surface area contributed by atoms with Gasteiger partial charge < -0.3 is 4.74 Å². The van der Waals surface area contributed by atoms with Crippen molar-refractivity contribution >= 4 is 33.5 Å². The first-order chi connectivity index (χ1) is 11.5. The molecule has 4 nitrogen and oxygen atoms in total. The van der Waals surface area contributed by atoms with Crippen LogP contribution in [0.3, 0.4) is 0 Å². The Morgan fingerprint density at radius 1 is 1.00 bits per heavy atom. The Kier molecular flexibility index (Phi) is 6.21. The minimum Gasteiger partial charge on any atom is -0.462 e. The van der Waals surface area contributed by atoms with Crippen LogP contribution in [0.25, 0.3) is 0 Å². The fourth-order valence-electron chi connectivity index (χ4n) is 2.04. The van der Waals surface area contributed by atoms with Gasteiger partial charge in [0.2, 0.25) is 0 Å². The maximum atomic E-state index is 12.6. The van der Waals surface area contributed by atoms with Gasteiger partial charge in [-0.1, -0.05) is 58.4 Å². The lowest BCUT2D eigenvalue weighted by molar-refractivity contribution is -0.138. The van der Waals surface area contributed by atoms with E-state index in [0.29, 0.717) is 15.6 Å². The van der Waals surface area contributed by atoms with Crippen molar-refractivity contribution in [2.24, 2.45) is 0 Å². The summed E-state index contributed by atoms with van der Waals surface area (Å²) >= 11 is 3.29. The zero-order valence-corrected chi connectivity index (χ0v) is 14.6. The molecule has 0 saturated heterocycles. The Morgan fingerprint density at radius 2 is 1.62 bits per heavy atom. The van der Waals surface area contributed by atoms with E-state index in [-0.39, 0.29) is 12.2 Å². The number of Topliss-reactive ketones (excluding diaryl/α,β-unsaturated/α-hetero) is 1. The minimum atomic E-state index is -0.813. The molecule has 24 heavy (non-hydrogen) atoms. The molecule has 0 heterocycles. The average Bonchev–Trinajstić information content (AvgIpc) is 2.60. The first-order valence-corrected chi connectivity index (χ1v) is 8.11. The molecule has 2 aromatic rings. The Balaban J connectivity index is 2.43. The van der Waals surface area contributed by atoms with E-state index >= 15 is 0 Å². The van der Waals surface area contributed by atoms with E-state index in [1.807, 2.05) is 0 Å². The molecule has 2 rings (SSSR count). The molecule has 0 saturated carbocycles. The molecule has 0 bridgehead atoms. The molecular formula is C19H15BrO4. The zero-order chi connectivity index (χ0) is 17.5. The van der Waals surface area contributed by atoms with Crippen molar-refractivity contribution in [3.63, 3.8) is 0 Å². The van der Waals surface area contributed by atoms with Crippen LogP contribution in [0.15, 0.2) is 70.7 Å². The Morgan fingerprint density at radius 3 is 2.25 bits per heavy atom. The van der Waals surface area contributed by atoms with Crippen LogP contribution in [0.4, 0.5) is 0 Å².